The number of amides is 2. The summed E-state index contributed by atoms with van der Waals surface area (Å²) in [7, 11) is 1.55. The van der Waals surface area contributed by atoms with Gasteiger partial charge in [0, 0.05) is 31.1 Å². The Morgan fingerprint density at radius 1 is 1.12 bits per heavy atom. The standard InChI is InChI=1S/C22H30IN6O3P/c1-14-3-5-16(6-4-14)26-21(30)15-7-9-28(10-8-15)22(31)18-11-19(29(27-18)33-23)17-12-20(32-2)25-13-24-17/h11-16,33H,3-10H2,1-2H3,(H,26,30). The number of rotatable bonds is 6. The first-order chi connectivity index (χ1) is 16.0. The Labute approximate surface area is 208 Å². The van der Waals surface area contributed by atoms with Crippen molar-refractivity contribution < 1.29 is 14.3 Å². The molecule has 11 heteroatoms. The van der Waals surface area contributed by atoms with Crippen molar-refractivity contribution in [1.82, 2.24) is 29.7 Å². The maximum Gasteiger partial charge on any atom is 0.274 e. The number of carbonyl (C=O) groups is 2. The molecule has 2 fully saturated rings. The smallest absolute Gasteiger partial charge is 0.274 e. The third kappa shape index (κ3) is 5.82. The molecule has 1 N–H and O–H groups in total. The van der Waals surface area contributed by atoms with Gasteiger partial charge >= 0.3 is 0 Å². The first kappa shape index (κ1) is 24.3. The highest BCUT2D eigenvalue weighted by Gasteiger charge is 2.31. The lowest BCUT2D eigenvalue weighted by Gasteiger charge is -2.33. The Morgan fingerprint density at radius 3 is 2.52 bits per heavy atom. The fourth-order valence-corrected chi connectivity index (χ4v) is 6.07. The van der Waals surface area contributed by atoms with Gasteiger partial charge < -0.3 is 15.0 Å². The third-order valence-electron chi connectivity index (χ3n) is 6.64. The summed E-state index contributed by atoms with van der Waals surface area (Å²) in [4.78, 5) is 36.1. The molecule has 9 nitrogen and oxygen atoms in total. The monoisotopic (exact) mass is 584 g/mol. The van der Waals surface area contributed by atoms with Crippen molar-refractivity contribution in [2.75, 3.05) is 20.2 Å². The van der Waals surface area contributed by atoms with E-state index >= 15 is 0 Å². The molecule has 1 aliphatic heterocycles. The normalized spacial score (nSPS) is 22.0. The lowest BCUT2D eigenvalue weighted by Crippen LogP contribution is -2.46. The minimum absolute atomic E-state index is 0.0224. The first-order valence-electron chi connectivity index (χ1n) is 11.4. The average molecular weight is 584 g/mol. The Bertz CT molecular complexity index is 986. The zero-order chi connectivity index (χ0) is 23.4. The van der Waals surface area contributed by atoms with E-state index in [2.05, 4.69) is 49.3 Å². The van der Waals surface area contributed by atoms with E-state index in [-0.39, 0.29) is 17.7 Å². The van der Waals surface area contributed by atoms with Crippen molar-refractivity contribution >= 4 is 40.2 Å². The van der Waals surface area contributed by atoms with Gasteiger partial charge in [-0.15, -0.1) is 0 Å². The van der Waals surface area contributed by atoms with Crippen LogP contribution >= 0.6 is 28.4 Å². The second-order valence-corrected chi connectivity index (χ2v) is 10.9. The highest BCUT2D eigenvalue weighted by Crippen LogP contribution is 2.32. The van der Waals surface area contributed by atoms with E-state index in [0.717, 1.165) is 24.5 Å². The van der Waals surface area contributed by atoms with Crippen LogP contribution < -0.4 is 10.1 Å². The van der Waals surface area contributed by atoms with Gasteiger partial charge in [0.15, 0.2) is 5.69 Å². The Balaban J connectivity index is 1.36. The highest BCUT2D eigenvalue weighted by molar-refractivity contribution is 14.2. The Hall–Kier alpha value is -1.81. The van der Waals surface area contributed by atoms with Crippen molar-refractivity contribution in [3.8, 4) is 17.3 Å². The highest BCUT2D eigenvalue weighted by atomic mass is 127. The first-order valence-corrected chi connectivity index (χ1v) is 15.5. The van der Waals surface area contributed by atoms with E-state index in [1.807, 2.05) is 0 Å². The van der Waals surface area contributed by atoms with Crippen molar-refractivity contribution in [3.63, 3.8) is 0 Å². The molecule has 1 aliphatic carbocycles. The van der Waals surface area contributed by atoms with Gasteiger partial charge in [-0.05, 0) is 72.6 Å². The number of piperidine rings is 1. The summed E-state index contributed by atoms with van der Waals surface area (Å²) in [6.45, 7) is 3.41. The number of hydrogen-bond donors (Lipinski definition) is 1. The number of methoxy groups -OCH3 is 1. The molecule has 1 saturated carbocycles. The van der Waals surface area contributed by atoms with Gasteiger partial charge in [-0.1, -0.05) is 6.92 Å². The topological polar surface area (TPSA) is 102 Å². The van der Waals surface area contributed by atoms with Crippen molar-refractivity contribution in [2.45, 2.75) is 51.5 Å². The molecule has 2 aromatic heterocycles. The summed E-state index contributed by atoms with van der Waals surface area (Å²) < 4.78 is 6.97. The fraction of sp³-hybridized carbons (Fsp3) is 0.591. The van der Waals surface area contributed by atoms with Crippen LogP contribution in [0.3, 0.4) is 0 Å². The van der Waals surface area contributed by atoms with Gasteiger partial charge in [0.25, 0.3) is 5.91 Å². The van der Waals surface area contributed by atoms with E-state index in [9.17, 15) is 9.59 Å². The van der Waals surface area contributed by atoms with Gasteiger partial charge in [0.05, 0.1) is 24.9 Å². The molecule has 178 valence electrons. The van der Waals surface area contributed by atoms with Crippen molar-refractivity contribution in [3.05, 3.63) is 24.2 Å². The number of nitrogens with one attached hydrogen (secondary N) is 1. The third-order valence-corrected chi connectivity index (χ3v) is 8.51. The minimum Gasteiger partial charge on any atom is -0.481 e. The molecule has 1 saturated heterocycles. The van der Waals surface area contributed by atoms with Crippen molar-refractivity contribution in [1.29, 1.82) is 0 Å². The second kappa shape index (κ2) is 11.1. The predicted octanol–water partition coefficient (Wildman–Crippen LogP) is 3.69. The maximum atomic E-state index is 13.2. The van der Waals surface area contributed by atoms with Gasteiger partial charge in [-0.3, -0.25) is 9.59 Å². The molecule has 1 atom stereocenters. The zero-order valence-corrected chi connectivity index (χ0v) is 22.1. The number of ether oxygens (including phenoxy) is 1. The summed E-state index contributed by atoms with van der Waals surface area (Å²) in [5.74, 6) is 1.25. The lowest BCUT2D eigenvalue weighted by molar-refractivity contribution is -0.127. The van der Waals surface area contributed by atoms with Gasteiger partial charge in [-0.2, -0.15) is 5.10 Å². The van der Waals surface area contributed by atoms with E-state index in [1.165, 1.54) is 19.2 Å². The molecule has 0 radical (unpaired) electrons. The molecular formula is C22H30IN6O3P. The molecular weight excluding hydrogens is 554 g/mol. The van der Waals surface area contributed by atoms with Crippen LogP contribution in [0.25, 0.3) is 11.4 Å². The van der Waals surface area contributed by atoms with E-state index in [4.69, 9.17) is 4.74 Å². The fourth-order valence-electron chi connectivity index (χ4n) is 4.55. The van der Waals surface area contributed by atoms with Crippen molar-refractivity contribution in [2.24, 2.45) is 11.8 Å². The van der Waals surface area contributed by atoms with Gasteiger partial charge in [0.1, 0.15) is 6.33 Å². The minimum atomic E-state index is -0.106. The largest absolute Gasteiger partial charge is 0.481 e. The number of carbonyl (C=O) groups excluding carboxylic acids is 2. The van der Waals surface area contributed by atoms with Gasteiger partial charge in [-0.25, -0.2) is 14.4 Å². The summed E-state index contributed by atoms with van der Waals surface area (Å²) in [6.07, 6.45) is 7.65. The number of aromatic nitrogens is 4. The molecule has 2 amide bonds. The van der Waals surface area contributed by atoms with Gasteiger partial charge in [0.2, 0.25) is 11.8 Å². The molecule has 2 aliphatic rings. The molecule has 3 heterocycles. The lowest BCUT2D eigenvalue weighted by atomic mass is 9.86. The molecule has 1 unspecified atom stereocenters. The second-order valence-electron chi connectivity index (χ2n) is 8.89. The Kier molecular flexibility index (Phi) is 8.16. The van der Waals surface area contributed by atoms with E-state index in [1.54, 1.807) is 28.6 Å². The number of halogens is 1. The predicted molar refractivity (Wildman–Crippen MR) is 136 cm³/mol. The van der Waals surface area contributed by atoms with Crippen LogP contribution in [0, 0.1) is 11.8 Å². The number of nitrogens with zero attached hydrogens (tertiary/aromatic N) is 5. The maximum absolute atomic E-state index is 13.2. The molecule has 0 aromatic carbocycles. The molecule has 0 bridgehead atoms. The Morgan fingerprint density at radius 2 is 1.85 bits per heavy atom. The van der Waals surface area contributed by atoms with Crippen LogP contribution in [0.5, 0.6) is 5.88 Å². The zero-order valence-electron chi connectivity index (χ0n) is 19.0. The molecule has 2 aromatic rings. The summed E-state index contributed by atoms with van der Waals surface area (Å²) in [5, 5.41) is 7.77. The number of likely N-dealkylation sites (tertiary alicyclic amines) is 1. The molecule has 0 spiro atoms. The van der Waals surface area contributed by atoms with Crippen LogP contribution in [0.4, 0.5) is 0 Å². The molecule has 33 heavy (non-hydrogen) atoms. The van der Waals surface area contributed by atoms with E-state index in [0.29, 0.717) is 55.6 Å². The summed E-state index contributed by atoms with van der Waals surface area (Å²) >= 11 is 2.23. The summed E-state index contributed by atoms with van der Waals surface area (Å²) in [5.41, 5.74) is 1.80. The van der Waals surface area contributed by atoms with Crippen LogP contribution in [-0.2, 0) is 4.79 Å². The number of hydrogen-bond acceptors (Lipinski definition) is 6. The van der Waals surface area contributed by atoms with Crippen LogP contribution in [-0.4, -0.2) is 62.5 Å². The molecule has 4 rings (SSSR count). The summed E-state index contributed by atoms with van der Waals surface area (Å²) in [6, 6.07) is 3.82. The average Bonchev–Trinajstić information content (AvgIpc) is 3.29. The SMILES string of the molecule is COc1cc(-c2cc(C(=O)N3CCC(C(=O)NC4CCC(C)CC4)CC3)nn2PI)ncn1. The van der Waals surface area contributed by atoms with Crippen LogP contribution in [0.2, 0.25) is 0 Å². The van der Waals surface area contributed by atoms with Crippen LogP contribution in [0.1, 0.15) is 55.9 Å². The quantitative estimate of drug-likeness (QED) is 0.411. The van der Waals surface area contributed by atoms with Crippen LogP contribution in [0.15, 0.2) is 18.5 Å². The van der Waals surface area contributed by atoms with E-state index < -0.39 is 0 Å².